The van der Waals surface area contributed by atoms with Gasteiger partial charge in [-0.1, -0.05) is 48.5 Å². The van der Waals surface area contributed by atoms with Crippen molar-refractivity contribution >= 4 is 23.5 Å². The van der Waals surface area contributed by atoms with E-state index >= 15 is 0 Å². The average Bonchev–Trinajstić information content (AvgIpc) is 2.98. The fraction of sp³-hybridized carbons (Fsp3) is 0.143. The highest BCUT2D eigenvalue weighted by atomic mass is 16.6. The number of allylic oxidation sites excluding steroid dienone is 1. The maximum atomic E-state index is 12.8. The summed E-state index contributed by atoms with van der Waals surface area (Å²) in [5.41, 5.74) is 0.652. The number of hydrogen-bond acceptors (Lipinski definition) is 6. The van der Waals surface area contributed by atoms with E-state index in [2.05, 4.69) is 0 Å². The van der Waals surface area contributed by atoms with Gasteiger partial charge in [-0.3, -0.25) is 19.7 Å². The van der Waals surface area contributed by atoms with Gasteiger partial charge in [-0.15, -0.1) is 0 Å². The summed E-state index contributed by atoms with van der Waals surface area (Å²) in [6, 6.07) is 13.5. The molecule has 3 rings (SSSR count). The van der Waals surface area contributed by atoms with Gasteiger partial charge in [0.2, 0.25) is 0 Å². The minimum Gasteiger partial charge on any atom is -0.503 e. The second-order valence-electron chi connectivity index (χ2n) is 6.35. The van der Waals surface area contributed by atoms with Crippen molar-refractivity contribution in [1.82, 2.24) is 4.90 Å². The fourth-order valence-electron chi connectivity index (χ4n) is 3.22. The Balaban J connectivity index is 2.03. The topological polar surface area (TPSA) is 121 Å². The van der Waals surface area contributed by atoms with E-state index < -0.39 is 35.0 Å². The molecule has 8 heteroatoms. The number of non-ortho nitro benzene ring substituents is 1. The molecule has 0 radical (unpaired) electrons. The predicted octanol–water partition coefficient (Wildman–Crippen LogP) is 2.57. The van der Waals surface area contributed by atoms with Crippen molar-refractivity contribution in [3.05, 3.63) is 93.2 Å². The molecule has 148 valence electrons. The molecule has 0 bridgehead atoms. The van der Waals surface area contributed by atoms with E-state index in [9.17, 15) is 29.9 Å². The molecule has 0 saturated carbocycles. The number of nitro benzene ring substituents is 1. The average molecular weight is 394 g/mol. The molecular weight excluding hydrogens is 376 g/mol. The van der Waals surface area contributed by atoms with Crippen LogP contribution < -0.4 is 0 Å². The van der Waals surface area contributed by atoms with Crippen molar-refractivity contribution < 1.29 is 24.7 Å². The smallest absolute Gasteiger partial charge is 0.290 e. The zero-order valence-corrected chi connectivity index (χ0v) is 15.3. The van der Waals surface area contributed by atoms with Crippen molar-refractivity contribution in [3.63, 3.8) is 0 Å². The molecule has 0 aromatic heterocycles. The second kappa shape index (κ2) is 8.49. The van der Waals surface area contributed by atoms with Crippen LogP contribution in [0.1, 0.15) is 17.2 Å². The van der Waals surface area contributed by atoms with Gasteiger partial charge in [0.05, 0.1) is 23.1 Å². The number of carbonyl (C=O) groups is 2. The first-order chi connectivity index (χ1) is 13.9. The Labute approximate surface area is 166 Å². The molecule has 2 aromatic carbocycles. The lowest BCUT2D eigenvalue weighted by Gasteiger charge is -2.25. The molecule has 0 fully saturated rings. The van der Waals surface area contributed by atoms with Crippen LogP contribution in [0.5, 0.6) is 0 Å². The lowest BCUT2D eigenvalue weighted by molar-refractivity contribution is -0.384. The molecule has 29 heavy (non-hydrogen) atoms. The summed E-state index contributed by atoms with van der Waals surface area (Å²) in [5, 5.41) is 30.8. The lowest BCUT2D eigenvalue weighted by Crippen LogP contribution is -2.33. The minimum absolute atomic E-state index is 0.143. The molecule has 0 saturated heterocycles. The van der Waals surface area contributed by atoms with Gasteiger partial charge in [-0.25, -0.2) is 0 Å². The first-order valence-electron chi connectivity index (χ1n) is 8.80. The van der Waals surface area contributed by atoms with E-state index in [-0.39, 0.29) is 17.8 Å². The summed E-state index contributed by atoms with van der Waals surface area (Å²) in [5.74, 6) is -2.14. The normalized spacial score (nSPS) is 16.7. The largest absolute Gasteiger partial charge is 0.503 e. The quantitative estimate of drug-likeness (QED) is 0.423. The fourth-order valence-corrected chi connectivity index (χ4v) is 3.22. The van der Waals surface area contributed by atoms with Crippen LogP contribution in [-0.2, 0) is 9.59 Å². The summed E-state index contributed by atoms with van der Waals surface area (Å²) < 4.78 is 0. The van der Waals surface area contributed by atoms with Crippen molar-refractivity contribution in [2.24, 2.45) is 0 Å². The molecule has 0 aliphatic carbocycles. The zero-order valence-electron chi connectivity index (χ0n) is 15.3. The number of aliphatic hydroxyl groups is 2. The van der Waals surface area contributed by atoms with Crippen molar-refractivity contribution in [2.45, 2.75) is 6.04 Å². The predicted molar refractivity (Wildman–Crippen MR) is 105 cm³/mol. The third kappa shape index (κ3) is 4.07. The van der Waals surface area contributed by atoms with E-state index in [4.69, 9.17) is 0 Å². The van der Waals surface area contributed by atoms with Gasteiger partial charge in [0.15, 0.2) is 11.5 Å². The Morgan fingerprint density at radius 3 is 2.55 bits per heavy atom. The highest BCUT2D eigenvalue weighted by Gasteiger charge is 2.42. The molecule has 2 N–H and O–H groups in total. The Hall–Kier alpha value is -3.78. The molecule has 0 unspecified atom stereocenters. The number of nitrogens with zero attached hydrogens (tertiary/aromatic N) is 2. The molecule has 2 aromatic rings. The van der Waals surface area contributed by atoms with Crippen molar-refractivity contribution in [1.29, 1.82) is 0 Å². The summed E-state index contributed by atoms with van der Waals surface area (Å²) in [7, 11) is 0. The van der Waals surface area contributed by atoms with E-state index in [1.54, 1.807) is 30.3 Å². The van der Waals surface area contributed by atoms with Gasteiger partial charge in [-0.05, 0) is 17.2 Å². The van der Waals surface area contributed by atoms with Gasteiger partial charge in [0, 0.05) is 18.7 Å². The van der Waals surface area contributed by atoms with Crippen LogP contribution in [0, 0.1) is 10.1 Å². The molecule has 8 nitrogen and oxygen atoms in total. The lowest BCUT2D eigenvalue weighted by atomic mass is 9.95. The van der Waals surface area contributed by atoms with Crippen LogP contribution in [0.4, 0.5) is 5.69 Å². The minimum atomic E-state index is -1.04. The maximum absolute atomic E-state index is 12.8. The number of ketones is 1. The van der Waals surface area contributed by atoms with Gasteiger partial charge in [0.1, 0.15) is 0 Å². The van der Waals surface area contributed by atoms with Gasteiger partial charge >= 0.3 is 0 Å². The molecule has 1 atom stereocenters. The Morgan fingerprint density at radius 1 is 1.17 bits per heavy atom. The third-order valence-corrected chi connectivity index (χ3v) is 4.53. The van der Waals surface area contributed by atoms with Crippen molar-refractivity contribution in [2.75, 3.05) is 13.2 Å². The summed E-state index contributed by atoms with van der Waals surface area (Å²) in [4.78, 5) is 37.0. The highest BCUT2D eigenvalue weighted by Crippen LogP contribution is 2.38. The first-order valence-corrected chi connectivity index (χ1v) is 8.80. The summed E-state index contributed by atoms with van der Waals surface area (Å²) in [6.45, 7) is -0.540. The highest BCUT2D eigenvalue weighted by molar-refractivity contribution is 6.14. The number of aliphatic hydroxyl groups excluding tert-OH is 2. The van der Waals surface area contributed by atoms with Crippen LogP contribution in [0.25, 0.3) is 6.08 Å². The third-order valence-electron chi connectivity index (χ3n) is 4.53. The Kier molecular flexibility index (Phi) is 5.85. The van der Waals surface area contributed by atoms with Gasteiger partial charge in [0.25, 0.3) is 11.6 Å². The number of benzene rings is 2. The van der Waals surface area contributed by atoms with E-state index in [1.165, 1.54) is 30.3 Å². The molecule has 1 aliphatic heterocycles. The number of β-amino-alcohol motifs (C(OH)–C–C–N with tert-alkyl or cyclic N) is 1. The summed E-state index contributed by atoms with van der Waals surface area (Å²) >= 11 is 0. The number of nitro groups is 1. The molecule has 1 amide bonds. The number of hydrogen-bond donors (Lipinski definition) is 2. The SMILES string of the molecule is O=C(/C=C/c1ccccc1)C1=C(O)C(=O)N(CCO)[C@H]1c1cccc([N+](=O)[O-])c1. The monoisotopic (exact) mass is 394 g/mol. The number of amides is 1. The van der Waals surface area contributed by atoms with E-state index in [1.807, 2.05) is 6.07 Å². The van der Waals surface area contributed by atoms with Crippen LogP contribution in [-0.4, -0.2) is 44.9 Å². The van der Waals surface area contributed by atoms with Gasteiger partial charge < -0.3 is 15.1 Å². The van der Waals surface area contributed by atoms with E-state index in [0.29, 0.717) is 5.56 Å². The standard InChI is InChI=1S/C21H18N2O6/c24-12-11-22-19(15-7-4-8-16(13-15)23(28)29)18(20(26)21(22)27)17(25)10-9-14-5-2-1-3-6-14/h1-10,13,19,24,26H,11-12H2/b10-9+/t19-/m0/s1. The van der Waals surface area contributed by atoms with Crippen molar-refractivity contribution in [3.8, 4) is 0 Å². The molecule has 1 heterocycles. The van der Waals surface area contributed by atoms with Crippen LogP contribution in [0.2, 0.25) is 0 Å². The first kappa shape index (κ1) is 20.0. The molecular formula is C21H18N2O6. The van der Waals surface area contributed by atoms with Crippen LogP contribution in [0.3, 0.4) is 0 Å². The number of rotatable bonds is 7. The summed E-state index contributed by atoms with van der Waals surface area (Å²) in [6.07, 6.45) is 2.78. The van der Waals surface area contributed by atoms with Crippen LogP contribution >= 0.6 is 0 Å². The second-order valence-corrected chi connectivity index (χ2v) is 6.35. The molecule has 0 spiro atoms. The van der Waals surface area contributed by atoms with Gasteiger partial charge in [-0.2, -0.15) is 0 Å². The Bertz CT molecular complexity index is 1010. The number of carbonyl (C=O) groups excluding carboxylic acids is 2. The van der Waals surface area contributed by atoms with E-state index in [0.717, 1.165) is 10.5 Å². The molecule has 1 aliphatic rings. The maximum Gasteiger partial charge on any atom is 0.290 e. The Morgan fingerprint density at radius 2 is 1.90 bits per heavy atom. The van der Waals surface area contributed by atoms with Crippen LogP contribution in [0.15, 0.2) is 72.0 Å². The zero-order chi connectivity index (χ0) is 21.0.